The van der Waals surface area contributed by atoms with E-state index in [2.05, 4.69) is 10.4 Å². The number of hydrogen-bond acceptors (Lipinski definition) is 6. The number of rotatable bonds is 6. The van der Waals surface area contributed by atoms with Gasteiger partial charge in [-0.05, 0) is 12.1 Å². The first-order chi connectivity index (χ1) is 10.3. The van der Waals surface area contributed by atoms with Crippen molar-refractivity contribution < 1.29 is 19.6 Å². The Balaban J connectivity index is 3.18. The van der Waals surface area contributed by atoms with E-state index in [0.717, 1.165) is 0 Å². The normalized spacial score (nSPS) is 12.4. The Hall–Kier alpha value is -3.01. The van der Waals surface area contributed by atoms with E-state index >= 15 is 0 Å². The van der Waals surface area contributed by atoms with E-state index in [1.54, 1.807) is 0 Å². The van der Waals surface area contributed by atoms with Crippen LogP contribution in [-0.2, 0) is 4.79 Å². The predicted molar refractivity (Wildman–Crippen MR) is 77.0 cm³/mol. The van der Waals surface area contributed by atoms with Crippen molar-refractivity contribution in [2.45, 2.75) is 13.0 Å². The summed E-state index contributed by atoms with van der Waals surface area (Å²) < 4.78 is 0. The zero-order valence-corrected chi connectivity index (χ0v) is 11.6. The second-order valence-corrected chi connectivity index (χ2v) is 4.21. The number of benzene rings is 1. The van der Waals surface area contributed by atoms with Crippen molar-refractivity contribution >= 4 is 23.3 Å². The molecule has 0 saturated heterocycles. The van der Waals surface area contributed by atoms with Gasteiger partial charge >= 0.3 is 6.03 Å². The lowest BCUT2D eigenvalue weighted by Gasteiger charge is -2.18. The smallest absolute Gasteiger partial charge is 0.332 e. The molecular formula is C12H15N5O5. The van der Waals surface area contributed by atoms with Crippen LogP contribution < -0.4 is 16.5 Å². The van der Waals surface area contributed by atoms with Gasteiger partial charge in [0.1, 0.15) is 0 Å². The maximum absolute atomic E-state index is 11.2. The molecule has 0 saturated carbocycles. The Bertz CT molecular complexity index is 598. The molecule has 0 aliphatic heterocycles. The van der Waals surface area contributed by atoms with E-state index in [9.17, 15) is 24.8 Å². The molecule has 10 heteroatoms. The van der Waals surface area contributed by atoms with E-state index in [1.807, 2.05) is 5.43 Å². The summed E-state index contributed by atoms with van der Waals surface area (Å²) in [6.07, 6.45) is 0. The molecule has 0 heterocycles. The van der Waals surface area contributed by atoms with Crippen molar-refractivity contribution in [1.82, 2.24) is 10.7 Å². The number of aliphatic hydroxyl groups excluding tert-OH is 1. The number of non-ortho nitro benzene ring substituents is 1. The van der Waals surface area contributed by atoms with Crippen molar-refractivity contribution in [1.29, 1.82) is 0 Å². The Kier molecular flexibility index (Phi) is 5.96. The second-order valence-electron chi connectivity index (χ2n) is 4.21. The number of carbonyl (C=O) groups is 2. The van der Waals surface area contributed by atoms with Crippen LogP contribution in [0.3, 0.4) is 0 Å². The minimum Gasteiger partial charge on any atom is -0.394 e. The summed E-state index contributed by atoms with van der Waals surface area (Å²) in [4.78, 5) is 32.0. The Morgan fingerprint density at radius 2 is 2.00 bits per heavy atom. The molecule has 22 heavy (non-hydrogen) atoms. The molecule has 118 valence electrons. The van der Waals surface area contributed by atoms with Crippen LogP contribution in [0.15, 0.2) is 29.4 Å². The van der Waals surface area contributed by atoms with Gasteiger partial charge in [0.25, 0.3) is 5.69 Å². The number of carbonyl (C=O) groups excluding carboxylic acids is 2. The van der Waals surface area contributed by atoms with E-state index in [0.29, 0.717) is 5.56 Å². The first-order valence-corrected chi connectivity index (χ1v) is 6.11. The SMILES string of the molecule is CC(=O)N[C@H](CO)/C(=N\NC(N)=O)c1ccc([N+](=O)[O-])cc1. The van der Waals surface area contributed by atoms with Gasteiger partial charge in [-0.1, -0.05) is 0 Å². The van der Waals surface area contributed by atoms with Gasteiger partial charge in [-0.2, -0.15) is 5.10 Å². The number of nitro benzene ring substituents is 1. The number of nitrogens with two attached hydrogens (primary N) is 1. The quantitative estimate of drug-likeness (QED) is 0.315. The number of nitro groups is 1. The highest BCUT2D eigenvalue weighted by atomic mass is 16.6. The standard InChI is InChI=1S/C12H15N5O5/c1-7(19)14-10(6-18)11(15-16-12(13)20)8-2-4-9(5-3-8)17(21)22/h2-5,10,18H,6H2,1H3,(H,14,19)(H3,13,16,20)/b15-11-/t10-/m1/s1. The van der Waals surface area contributed by atoms with Gasteiger partial charge in [0, 0.05) is 24.6 Å². The van der Waals surface area contributed by atoms with Gasteiger partial charge in [0.05, 0.1) is 23.3 Å². The molecule has 0 aliphatic rings. The molecule has 1 rings (SSSR count). The summed E-state index contributed by atoms with van der Waals surface area (Å²) >= 11 is 0. The Morgan fingerprint density at radius 1 is 1.41 bits per heavy atom. The average molecular weight is 309 g/mol. The van der Waals surface area contributed by atoms with Gasteiger partial charge in [-0.15, -0.1) is 0 Å². The molecule has 1 aromatic carbocycles. The van der Waals surface area contributed by atoms with Crippen LogP contribution in [0.1, 0.15) is 12.5 Å². The highest BCUT2D eigenvalue weighted by Crippen LogP contribution is 2.14. The van der Waals surface area contributed by atoms with Crippen molar-refractivity contribution in [3.05, 3.63) is 39.9 Å². The van der Waals surface area contributed by atoms with E-state index in [4.69, 9.17) is 5.73 Å². The largest absolute Gasteiger partial charge is 0.394 e. The van der Waals surface area contributed by atoms with Crippen LogP contribution in [-0.4, -0.2) is 40.3 Å². The highest BCUT2D eigenvalue weighted by molar-refractivity contribution is 6.06. The zero-order chi connectivity index (χ0) is 16.7. The molecule has 3 amide bonds. The van der Waals surface area contributed by atoms with Gasteiger partial charge in [0.2, 0.25) is 5.91 Å². The molecule has 0 aromatic heterocycles. The fourth-order valence-electron chi connectivity index (χ4n) is 1.66. The fraction of sp³-hybridized carbons (Fsp3) is 0.250. The molecule has 1 aromatic rings. The minimum absolute atomic E-state index is 0.103. The predicted octanol–water partition coefficient (Wildman–Crippen LogP) is -0.536. The lowest BCUT2D eigenvalue weighted by atomic mass is 10.0. The van der Waals surface area contributed by atoms with Crippen molar-refractivity contribution in [2.75, 3.05) is 6.61 Å². The van der Waals surface area contributed by atoms with Gasteiger partial charge in [-0.3, -0.25) is 14.9 Å². The summed E-state index contributed by atoms with van der Waals surface area (Å²) in [6, 6.07) is 3.38. The number of urea groups is 1. The molecular weight excluding hydrogens is 294 g/mol. The number of hydrazone groups is 1. The summed E-state index contributed by atoms with van der Waals surface area (Å²) in [7, 11) is 0. The van der Waals surface area contributed by atoms with Crippen LogP contribution in [0.4, 0.5) is 10.5 Å². The lowest BCUT2D eigenvalue weighted by Crippen LogP contribution is -2.44. The third-order valence-electron chi connectivity index (χ3n) is 2.55. The topological polar surface area (TPSA) is 160 Å². The third-order valence-corrected chi connectivity index (χ3v) is 2.55. The fourth-order valence-corrected chi connectivity index (χ4v) is 1.66. The first-order valence-electron chi connectivity index (χ1n) is 6.11. The Morgan fingerprint density at radius 3 is 2.41 bits per heavy atom. The molecule has 0 fully saturated rings. The van der Waals surface area contributed by atoms with Gasteiger partial charge < -0.3 is 16.2 Å². The number of amides is 3. The molecule has 0 radical (unpaired) electrons. The highest BCUT2D eigenvalue weighted by Gasteiger charge is 2.19. The van der Waals surface area contributed by atoms with Crippen LogP contribution in [0.25, 0.3) is 0 Å². The lowest BCUT2D eigenvalue weighted by molar-refractivity contribution is -0.384. The van der Waals surface area contributed by atoms with Crippen LogP contribution in [0.5, 0.6) is 0 Å². The number of aliphatic hydroxyl groups is 1. The number of primary amides is 1. The summed E-state index contributed by atoms with van der Waals surface area (Å²) in [6.45, 7) is 0.757. The molecule has 0 aliphatic carbocycles. The Labute approximate surface area is 125 Å². The zero-order valence-electron chi connectivity index (χ0n) is 11.6. The van der Waals surface area contributed by atoms with Crippen molar-refractivity contribution in [2.24, 2.45) is 10.8 Å². The van der Waals surface area contributed by atoms with Gasteiger partial charge in [-0.25, -0.2) is 10.2 Å². The van der Waals surface area contributed by atoms with Crippen molar-refractivity contribution in [3.8, 4) is 0 Å². The molecule has 0 bridgehead atoms. The monoisotopic (exact) mass is 309 g/mol. The summed E-state index contributed by atoms with van der Waals surface area (Å²) in [5, 5.41) is 26.2. The number of nitrogens with zero attached hydrogens (tertiary/aromatic N) is 2. The maximum atomic E-state index is 11.2. The molecule has 1 atom stereocenters. The van der Waals surface area contributed by atoms with Crippen molar-refractivity contribution in [3.63, 3.8) is 0 Å². The molecule has 0 unspecified atom stereocenters. The molecule has 0 spiro atoms. The van der Waals surface area contributed by atoms with Crippen LogP contribution in [0.2, 0.25) is 0 Å². The van der Waals surface area contributed by atoms with E-state index < -0.39 is 29.5 Å². The molecule has 5 N–H and O–H groups in total. The molecule has 10 nitrogen and oxygen atoms in total. The maximum Gasteiger partial charge on any atom is 0.332 e. The average Bonchev–Trinajstić information content (AvgIpc) is 2.45. The van der Waals surface area contributed by atoms with Crippen LogP contribution in [0, 0.1) is 10.1 Å². The number of nitrogens with one attached hydrogen (secondary N) is 2. The summed E-state index contributed by atoms with van der Waals surface area (Å²) in [5.41, 5.74) is 7.27. The van der Waals surface area contributed by atoms with Gasteiger partial charge in [0.15, 0.2) is 0 Å². The van der Waals surface area contributed by atoms with E-state index in [-0.39, 0.29) is 11.4 Å². The van der Waals surface area contributed by atoms with Crippen LogP contribution >= 0.6 is 0 Å². The number of hydrogen-bond donors (Lipinski definition) is 4. The first kappa shape index (κ1) is 17.0. The van der Waals surface area contributed by atoms with E-state index in [1.165, 1.54) is 31.2 Å². The minimum atomic E-state index is -0.932. The third kappa shape index (κ3) is 4.83. The summed E-state index contributed by atoms with van der Waals surface area (Å²) in [5.74, 6) is -0.423. The second kappa shape index (κ2) is 7.69.